The quantitative estimate of drug-likeness (QED) is 0.424. The molecule has 0 saturated carbocycles. The van der Waals surface area contributed by atoms with Gasteiger partial charge in [0, 0.05) is 43.6 Å². The molecule has 2 aliphatic rings. The van der Waals surface area contributed by atoms with Gasteiger partial charge in [-0.1, -0.05) is 12.1 Å². The molecule has 6 rings (SSSR count). The molecular formula is C27H25N3O3. The highest BCUT2D eigenvalue weighted by Gasteiger charge is 2.34. The molecule has 0 radical (unpaired) electrons. The molecule has 1 saturated heterocycles. The van der Waals surface area contributed by atoms with Crippen molar-refractivity contribution in [3.05, 3.63) is 85.1 Å². The first-order valence-corrected chi connectivity index (χ1v) is 11.3. The Hall–Kier alpha value is -3.77. The van der Waals surface area contributed by atoms with E-state index in [4.69, 9.17) is 9.15 Å². The zero-order valence-electron chi connectivity index (χ0n) is 18.2. The average Bonchev–Trinajstić information content (AvgIpc) is 3.37. The van der Waals surface area contributed by atoms with Crippen LogP contribution in [0.2, 0.25) is 0 Å². The van der Waals surface area contributed by atoms with Crippen LogP contribution in [0.15, 0.2) is 83.9 Å². The molecule has 0 aliphatic carbocycles. The summed E-state index contributed by atoms with van der Waals surface area (Å²) in [5.41, 5.74) is 4.86. The van der Waals surface area contributed by atoms with Crippen LogP contribution >= 0.6 is 0 Å². The lowest BCUT2D eigenvalue weighted by Crippen LogP contribution is -2.43. The molecule has 2 aromatic carbocycles. The Morgan fingerprint density at radius 3 is 2.55 bits per heavy atom. The number of ether oxygens (including phenoxy) is 1. The summed E-state index contributed by atoms with van der Waals surface area (Å²) in [7, 11) is 0. The third kappa shape index (κ3) is 3.72. The molecule has 2 aliphatic heterocycles. The molecule has 33 heavy (non-hydrogen) atoms. The van der Waals surface area contributed by atoms with Gasteiger partial charge < -0.3 is 19.2 Å². The molecule has 0 spiro atoms. The highest BCUT2D eigenvalue weighted by molar-refractivity contribution is 5.85. The van der Waals surface area contributed by atoms with Crippen molar-refractivity contribution in [2.75, 3.05) is 18.0 Å². The van der Waals surface area contributed by atoms with Gasteiger partial charge in [0.25, 0.3) is 0 Å². The Balaban J connectivity index is 1.33. The first kappa shape index (κ1) is 19.9. The second-order valence-electron chi connectivity index (χ2n) is 8.66. The number of nitrogens with zero attached hydrogens (tertiary/aromatic N) is 3. The molecule has 0 amide bonds. The molecule has 0 unspecified atom stereocenters. The lowest BCUT2D eigenvalue weighted by molar-refractivity contribution is 0.203. The van der Waals surface area contributed by atoms with E-state index in [9.17, 15) is 5.11 Å². The van der Waals surface area contributed by atoms with Crippen molar-refractivity contribution in [3.8, 4) is 28.4 Å². The smallest absolute Gasteiger partial charge is 0.155 e. The van der Waals surface area contributed by atoms with E-state index in [1.54, 1.807) is 18.7 Å². The minimum Gasteiger partial charge on any atom is -0.506 e. The van der Waals surface area contributed by atoms with Crippen molar-refractivity contribution in [1.29, 1.82) is 0 Å². The fraction of sp³-hybridized carbons (Fsp3) is 0.222. The largest absolute Gasteiger partial charge is 0.506 e. The van der Waals surface area contributed by atoms with E-state index < -0.39 is 0 Å². The van der Waals surface area contributed by atoms with Crippen LogP contribution in [0.4, 0.5) is 11.4 Å². The molecular weight excluding hydrogens is 414 g/mol. The summed E-state index contributed by atoms with van der Waals surface area (Å²) in [5.74, 6) is 1.73. The van der Waals surface area contributed by atoms with Crippen molar-refractivity contribution in [2.24, 2.45) is 0 Å². The average molecular weight is 440 g/mol. The highest BCUT2D eigenvalue weighted by atomic mass is 16.5. The van der Waals surface area contributed by atoms with Gasteiger partial charge >= 0.3 is 0 Å². The molecule has 6 nitrogen and oxygen atoms in total. The number of furan rings is 1. The number of aromatic hydroxyl groups is 1. The van der Waals surface area contributed by atoms with Crippen LogP contribution in [-0.4, -0.2) is 34.1 Å². The number of hydrogen-bond donors (Lipinski definition) is 1. The summed E-state index contributed by atoms with van der Waals surface area (Å²) < 4.78 is 11.5. The van der Waals surface area contributed by atoms with E-state index >= 15 is 0 Å². The van der Waals surface area contributed by atoms with E-state index in [1.165, 1.54) is 5.56 Å². The summed E-state index contributed by atoms with van der Waals surface area (Å²) in [5, 5.41) is 11.2. The number of likely N-dealkylation sites (tertiary alicyclic amines) is 1. The van der Waals surface area contributed by atoms with Gasteiger partial charge in [0.15, 0.2) is 11.5 Å². The zero-order chi connectivity index (χ0) is 22.2. The van der Waals surface area contributed by atoms with E-state index in [1.807, 2.05) is 54.8 Å². The molecule has 4 aromatic rings. The van der Waals surface area contributed by atoms with E-state index in [2.05, 4.69) is 20.9 Å². The molecule has 1 N–H and O–H groups in total. The summed E-state index contributed by atoms with van der Waals surface area (Å²) in [4.78, 5) is 8.85. The van der Waals surface area contributed by atoms with E-state index in [-0.39, 0.29) is 11.8 Å². The number of aromatic nitrogens is 1. The maximum Gasteiger partial charge on any atom is 0.155 e. The minimum atomic E-state index is 0.231. The van der Waals surface area contributed by atoms with Gasteiger partial charge in [-0.15, -0.1) is 0 Å². The van der Waals surface area contributed by atoms with Gasteiger partial charge in [0.2, 0.25) is 0 Å². The first-order chi connectivity index (χ1) is 16.3. The van der Waals surface area contributed by atoms with Crippen LogP contribution in [0, 0.1) is 0 Å². The fourth-order valence-corrected chi connectivity index (χ4v) is 4.96. The number of benzene rings is 2. The van der Waals surface area contributed by atoms with Crippen LogP contribution in [0.5, 0.6) is 17.2 Å². The highest BCUT2D eigenvalue weighted by Crippen LogP contribution is 2.53. The second kappa shape index (κ2) is 8.30. The second-order valence-corrected chi connectivity index (χ2v) is 8.66. The Labute approximate surface area is 192 Å². The van der Waals surface area contributed by atoms with Gasteiger partial charge in [-0.25, -0.2) is 0 Å². The molecule has 166 valence electrons. The summed E-state index contributed by atoms with van der Waals surface area (Å²) in [6.07, 6.45) is 9.05. The topological polar surface area (TPSA) is 62.0 Å². The van der Waals surface area contributed by atoms with Crippen molar-refractivity contribution in [2.45, 2.75) is 25.4 Å². The number of piperidine rings is 1. The van der Waals surface area contributed by atoms with E-state index in [0.717, 1.165) is 60.7 Å². The van der Waals surface area contributed by atoms with Crippen LogP contribution in [0.3, 0.4) is 0 Å². The van der Waals surface area contributed by atoms with E-state index in [0.29, 0.717) is 5.75 Å². The van der Waals surface area contributed by atoms with Gasteiger partial charge in [-0.2, -0.15) is 0 Å². The number of phenols is 1. The molecule has 0 bridgehead atoms. The SMILES string of the molecule is Oc1cc(-c2ccncc2)cc2c1N(C1CCN(Cc3ccoc3)CC1)c1ccccc1O2. The zero-order valence-corrected chi connectivity index (χ0v) is 18.2. The minimum absolute atomic E-state index is 0.231. The van der Waals surface area contributed by atoms with Gasteiger partial charge in [-0.3, -0.25) is 9.88 Å². The van der Waals surface area contributed by atoms with Crippen LogP contribution < -0.4 is 9.64 Å². The molecule has 1 fully saturated rings. The maximum atomic E-state index is 11.2. The predicted molar refractivity (Wildman–Crippen MR) is 127 cm³/mol. The van der Waals surface area contributed by atoms with Crippen LogP contribution in [-0.2, 0) is 6.54 Å². The number of rotatable bonds is 4. The summed E-state index contributed by atoms with van der Waals surface area (Å²) in [6, 6.07) is 18.1. The normalized spacial score (nSPS) is 16.2. The number of hydrogen-bond acceptors (Lipinski definition) is 6. The predicted octanol–water partition coefficient (Wildman–Crippen LogP) is 5.96. The monoisotopic (exact) mass is 439 g/mol. The number of para-hydroxylation sites is 2. The Kier molecular flexibility index (Phi) is 5.00. The Morgan fingerprint density at radius 1 is 0.939 bits per heavy atom. The lowest BCUT2D eigenvalue weighted by Gasteiger charge is -2.42. The van der Waals surface area contributed by atoms with Gasteiger partial charge in [0.1, 0.15) is 11.4 Å². The molecule has 4 heterocycles. The number of phenolic OH excluding ortho intramolecular Hbond substituents is 1. The third-order valence-corrected chi connectivity index (χ3v) is 6.56. The van der Waals surface area contributed by atoms with Gasteiger partial charge in [-0.05, 0) is 66.4 Å². The third-order valence-electron chi connectivity index (χ3n) is 6.56. The van der Waals surface area contributed by atoms with Crippen molar-refractivity contribution < 1.29 is 14.3 Å². The number of fused-ring (bicyclic) bond motifs is 2. The Morgan fingerprint density at radius 2 is 1.76 bits per heavy atom. The number of anilines is 2. The lowest BCUT2D eigenvalue weighted by atomic mass is 9.98. The van der Waals surface area contributed by atoms with Gasteiger partial charge in [0.05, 0.1) is 18.2 Å². The van der Waals surface area contributed by atoms with Crippen LogP contribution in [0.25, 0.3) is 11.1 Å². The Bertz CT molecular complexity index is 1250. The molecule has 2 aromatic heterocycles. The molecule has 0 atom stereocenters. The van der Waals surface area contributed by atoms with Crippen LogP contribution in [0.1, 0.15) is 18.4 Å². The molecule has 6 heteroatoms. The first-order valence-electron chi connectivity index (χ1n) is 11.3. The number of pyridine rings is 1. The van der Waals surface area contributed by atoms with Crippen molar-refractivity contribution in [3.63, 3.8) is 0 Å². The van der Waals surface area contributed by atoms with Crippen molar-refractivity contribution >= 4 is 11.4 Å². The summed E-state index contributed by atoms with van der Waals surface area (Å²) >= 11 is 0. The fourth-order valence-electron chi connectivity index (χ4n) is 4.96. The standard InChI is InChI=1S/C27H25N3O3/c31-24-15-21(20-5-10-28-11-6-20)16-26-27(24)30(23-3-1-2-4-25(23)33-26)22-7-12-29(13-8-22)17-19-9-14-32-18-19/h1-6,9-11,14-16,18,22,31H,7-8,12-13,17H2. The van der Waals surface area contributed by atoms with Crippen molar-refractivity contribution in [1.82, 2.24) is 9.88 Å². The summed E-state index contributed by atoms with van der Waals surface area (Å²) in [6.45, 7) is 2.88. The maximum absolute atomic E-state index is 11.2.